The highest BCUT2D eigenvalue weighted by atomic mass is 16.5. The Labute approximate surface area is 84.4 Å². The van der Waals surface area contributed by atoms with Crippen molar-refractivity contribution in [1.82, 2.24) is 0 Å². The standard InChI is InChI=1S/C10H19NO3/c1-3-6(2)10(11)8-4-7(12)5-9(13)14-8/h6-8,10,12H,3-5,11H2,1-2H3. The van der Waals surface area contributed by atoms with Crippen LogP contribution in [0.3, 0.4) is 0 Å². The number of ether oxygens (including phenoxy) is 1. The molecular weight excluding hydrogens is 182 g/mol. The number of hydrogen-bond acceptors (Lipinski definition) is 4. The van der Waals surface area contributed by atoms with Crippen molar-refractivity contribution in [3.8, 4) is 0 Å². The summed E-state index contributed by atoms with van der Waals surface area (Å²) in [7, 11) is 0. The molecule has 1 fully saturated rings. The normalized spacial score (nSPS) is 32.1. The van der Waals surface area contributed by atoms with Gasteiger partial charge in [-0.15, -0.1) is 0 Å². The van der Waals surface area contributed by atoms with Gasteiger partial charge in [-0.25, -0.2) is 0 Å². The third kappa shape index (κ3) is 2.69. The summed E-state index contributed by atoms with van der Waals surface area (Å²) in [6.07, 6.45) is 0.615. The molecule has 1 rings (SSSR count). The number of carbonyl (C=O) groups is 1. The number of carbonyl (C=O) groups excluding carboxylic acids is 1. The third-order valence-electron chi connectivity index (χ3n) is 2.92. The highest BCUT2D eigenvalue weighted by Gasteiger charge is 2.33. The van der Waals surface area contributed by atoms with Crippen molar-refractivity contribution in [2.75, 3.05) is 0 Å². The molecule has 4 unspecified atom stereocenters. The van der Waals surface area contributed by atoms with Gasteiger partial charge in [-0.1, -0.05) is 20.3 Å². The lowest BCUT2D eigenvalue weighted by molar-refractivity contribution is -0.162. The van der Waals surface area contributed by atoms with E-state index in [1.807, 2.05) is 13.8 Å². The molecule has 0 aromatic rings. The summed E-state index contributed by atoms with van der Waals surface area (Å²) < 4.78 is 5.12. The number of nitrogens with two attached hydrogens (primary N) is 1. The number of esters is 1. The fourth-order valence-corrected chi connectivity index (χ4v) is 1.68. The molecular formula is C10H19NO3. The molecule has 0 bridgehead atoms. The van der Waals surface area contributed by atoms with Crippen LogP contribution in [0.1, 0.15) is 33.1 Å². The van der Waals surface area contributed by atoms with E-state index < -0.39 is 6.10 Å². The SMILES string of the molecule is CCC(C)C(N)C1CC(O)CC(=O)O1. The largest absolute Gasteiger partial charge is 0.461 e. The van der Waals surface area contributed by atoms with Crippen LogP contribution in [0.4, 0.5) is 0 Å². The van der Waals surface area contributed by atoms with Crippen LogP contribution in [0.15, 0.2) is 0 Å². The second-order valence-corrected chi connectivity index (χ2v) is 4.08. The molecule has 1 aliphatic rings. The fourth-order valence-electron chi connectivity index (χ4n) is 1.68. The van der Waals surface area contributed by atoms with Crippen molar-refractivity contribution >= 4 is 5.97 Å². The van der Waals surface area contributed by atoms with Gasteiger partial charge in [-0.3, -0.25) is 4.79 Å². The summed E-state index contributed by atoms with van der Waals surface area (Å²) in [5.74, 6) is -0.0365. The maximum atomic E-state index is 11.1. The van der Waals surface area contributed by atoms with E-state index in [0.29, 0.717) is 12.3 Å². The highest BCUT2D eigenvalue weighted by Crippen LogP contribution is 2.21. The molecule has 3 N–H and O–H groups in total. The van der Waals surface area contributed by atoms with E-state index in [2.05, 4.69) is 0 Å². The molecule has 0 aromatic carbocycles. The fraction of sp³-hybridized carbons (Fsp3) is 0.900. The van der Waals surface area contributed by atoms with E-state index in [0.717, 1.165) is 6.42 Å². The molecule has 4 nitrogen and oxygen atoms in total. The van der Waals surface area contributed by atoms with Gasteiger partial charge in [0.2, 0.25) is 0 Å². The number of cyclic esters (lactones) is 1. The summed E-state index contributed by atoms with van der Waals surface area (Å²) >= 11 is 0. The zero-order valence-corrected chi connectivity index (χ0v) is 8.77. The zero-order valence-electron chi connectivity index (χ0n) is 8.77. The first-order valence-corrected chi connectivity index (χ1v) is 5.17. The number of aliphatic hydroxyl groups is 1. The minimum atomic E-state index is -0.587. The minimum Gasteiger partial charge on any atom is -0.461 e. The summed E-state index contributed by atoms with van der Waals surface area (Å²) in [5, 5.41) is 9.40. The van der Waals surface area contributed by atoms with E-state index in [-0.39, 0.29) is 24.5 Å². The number of aliphatic hydroxyl groups excluding tert-OH is 1. The first-order chi connectivity index (χ1) is 6.54. The van der Waals surface area contributed by atoms with Crippen molar-refractivity contribution in [2.45, 2.75) is 51.4 Å². The molecule has 0 saturated carbocycles. The lowest BCUT2D eigenvalue weighted by Crippen LogP contribution is -2.47. The molecule has 0 aromatic heterocycles. The summed E-state index contributed by atoms with van der Waals surface area (Å²) in [4.78, 5) is 11.1. The molecule has 0 aliphatic carbocycles. The molecule has 1 heterocycles. The molecule has 0 spiro atoms. The topological polar surface area (TPSA) is 72.5 Å². The van der Waals surface area contributed by atoms with Gasteiger partial charge in [0.15, 0.2) is 0 Å². The van der Waals surface area contributed by atoms with Gasteiger partial charge in [0, 0.05) is 12.5 Å². The van der Waals surface area contributed by atoms with Gasteiger partial charge in [0.1, 0.15) is 6.10 Å². The molecule has 1 saturated heterocycles. The lowest BCUT2D eigenvalue weighted by atomic mass is 9.90. The number of hydrogen-bond donors (Lipinski definition) is 2. The van der Waals surface area contributed by atoms with Crippen LogP contribution in [0.5, 0.6) is 0 Å². The molecule has 4 heteroatoms. The van der Waals surface area contributed by atoms with Gasteiger partial charge in [-0.2, -0.15) is 0 Å². The second-order valence-electron chi connectivity index (χ2n) is 4.08. The Balaban J connectivity index is 2.54. The Bertz CT molecular complexity index is 208. The smallest absolute Gasteiger partial charge is 0.308 e. The average Bonchev–Trinajstić information content (AvgIpc) is 2.14. The molecule has 0 amide bonds. The van der Waals surface area contributed by atoms with Gasteiger partial charge >= 0.3 is 5.97 Å². The molecule has 14 heavy (non-hydrogen) atoms. The maximum absolute atomic E-state index is 11.1. The van der Waals surface area contributed by atoms with Gasteiger partial charge < -0.3 is 15.6 Å². The van der Waals surface area contributed by atoms with Crippen molar-refractivity contribution in [3.05, 3.63) is 0 Å². The van der Waals surface area contributed by atoms with Crippen LogP contribution in [0.25, 0.3) is 0 Å². The van der Waals surface area contributed by atoms with E-state index in [1.165, 1.54) is 0 Å². The molecule has 4 atom stereocenters. The van der Waals surface area contributed by atoms with E-state index in [4.69, 9.17) is 10.5 Å². The van der Waals surface area contributed by atoms with E-state index in [1.54, 1.807) is 0 Å². The summed E-state index contributed by atoms with van der Waals surface area (Å²) in [6.45, 7) is 4.07. The van der Waals surface area contributed by atoms with Crippen molar-refractivity contribution in [2.24, 2.45) is 11.7 Å². The van der Waals surface area contributed by atoms with Crippen molar-refractivity contribution in [3.63, 3.8) is 0 Å². The van der Waals surface area contributed by atoms with E-state index in [9.17, 15) is 9.90 Å². The Hall–Kier alpha value is -0.610. The third-order valence-corrected chi connectivity index (χ3v) is 2.92. The average molecular weight is 201 g/mol. The van der Waals surface area contributed by atoms with Crippen LogP contribution in [0, 0.1) is 5.92 Å². The van der Waals surface area contributed by atoms with Gasteiger partial charge in [0.05, 0.1) is 12.5 Å². The minimum absolute atomic E-state index is 0.101. The predicted octanol–water partition coefficient (Wildman–Crippen LogP) is 0.426. The first kappa shape index (κ1) is 11.5. The Morgan fingerprint density at radius 2 is 2.36 bits per heavy atom. The second kappa shape index (κ2) is 4.75. The number of rotatable bonds is 3. The van der Waals surface area contributed by atoms with Gasteiger partial charge in [0.25, 0.3) is 0 Å². The summed E-state index contributed by atoms with van der Waals surface area (Å²) in [6, 6.07) is -0.168. The zero-order chi connectivity index (χ0) is 10.7. The maximum Gasteiger partial charge on any atom is 0.308 e. The van der Waals surface area contributed by atoms with Crippen LogP contribution in [-0.2, 0) is 9.53 Å². The molecule has 0 radical (unpaired) electrons. The monoisotopic (exact) mass is 201 g/mol. The summed E-state index contributed by atoms with van der Waals surface area (Å²) in [5.41, 5.74) is 5.94. The van der Waals surface area contributed by atoms with E-state index >= 15 is 0 Å². The first-order valence-electron chi connectivity index (χ1n) is 5.17. The Kier molecular flexibility index (Phi) is 3.89. The molecule has 1 aliphatic heterocycles. The van der Waals surface area contributed by atoms with Crippen LogP contribution < -0.4 is 5.73 Å². The Morgan fingerprint density at radius 3 is 2.86 bits per heavy atom. The highest BCUT2D eigenvalue weighted by molar-refractivity contribution is 5.71. The lowest BCUT2D eigenvalue weighted by Gasteiger charge is -2.32. The van der Waals surface area contributed by atoms with Crippen molar-refractivity contribution in [1.29, 1.82) is 0 Å². The predicted molar refractivity (Wildman–Crippen MR) is 52.6 cm³/mol. The van der Waals surface area contributed by atoms with Crippen LogP contribution in [-0.4, -0.2) is 29.3 Å². The van der Waals surface area contributed by atoms with Gasteiger partial charge in [-0.05, 0) is 5.92 Å². The van der Waals surface area contributed by atoms with Crippen LogP contribution in [0.2, 0.25) is 0 Å². The van der Waals surface area contributed by atoms with Crippen molar-refractivity contribution < 1.29 is 14.6 Å². The Morgan fingerprint density at radius 1 is 1.71 bits per heavy atom. The van der Waals surface area contributed by atoms with Crippen LogP contribution >= 0.6 is 0 Å². The molecule has 82 valence electrons. The quantitative estimate of drug-likeness (QED) is 0.649.